The van der Waals surface area contributed by atoms with Gasteiger partial charge in [0.05, 0.1) is 29.6 Å². The average molecular weight is 385 g/mol. The fourth-order valence-corrected chi connectivity index (χ4v) is 4.43. The Morgan fingerprint density at radius 2 is 1.92 bits per heavy atom. The predicted octanol–water partition coefficient (Wildman–Crippen LogP) is 3.67. The fourth-order valence-electron chi connectivity index (χ4n) is 2.51. The number of aromatic nitrogens is 2. The second-order valence-electron chi connectivity index (χ2n) is 5.50. The van der Waals surface area contributed by atoms with Crippen molar-refractivity contribution in [2.24, 2.45) is 0 Å². The number of sulfonamides is 1. The molecule has 0 atom stereocenters. The minimum absolute atomic E-state index is 0.0791. The van der Waals surface area contributed by atoms with Gasteiger partial charge in [0.2, 0.25) is 10.0 Å². The lowest BCUT2D eigenvalue weighted by molar-refractivity contribution is 0.498. The van der Waals surface area contributed by atoms with E-state index in [1.54, 1.807) is 16.8 Å². The first kappa shape index (κ1) is 16.8. The molecule has 0 aliphatic heterocycles. The zero-order chi connectivity index (χ0) is 18.0. The summed E-state index contributed by atoms with van der Waals surface area (Å²) in [6.07, 6.45) is 3.04. The van der Waals surface area contributed by atoms with Crippen molar-refractivity contribution in [3.63, 3.8) is 0 Å². The normalized spacial score (nSPS) is 11.7. The van der Waals surface area contributed by atoms with Crippen LogP contribution in [0.2, 0.25) is 0 Å². The van der Waals surface area contributed by atoms with Crippen molar-refractivity contribution in [3.05, 3.63) is 78.2 Å². The van der Waals surface area contributed by atoms with E-state index in [4.69, 9.17) is 4.42 Å². The van der Waals surface area contributed by atoms with Crippen LogP contribution in [0.25, 0.3) is 16.3 Å². The van der Waals surface area contributed by atoms with Gasteiger partial charge in [-0.05, 0) is 35.7 Å². The fraction of sp³-hybridized carbons (Fsp3) is 0.0556. The van der Waals surface area contributed by atoms with Crippen molar-refractivity contribution >= 4 is 21.4 Å². The zero-order valence-corrected chi connectivity index (χ0v) is 15.2. The van der Waals surface area contributed by atoms with E-state index >= 15 is 0 Å². The van der Waals surface area contributed by atoms with E-state index in [9.17, 15) is 8.42 Å². The summed E-state index contributed by atoms with van der Waals surface area (Å²) in [6.45, 7) is 0.0791. The Morgan fingerprint density at radius 3 is 2.62 bits per heavy atom. The lowest BCUT2D eigenvalue weighted by atomic mass is 10.3. The number of nitrogens with zero attached hydrogens (tertiary/aromatic N) is 2. The number of rotatable bonds is 6. The summed E-state index contributed by atoms with van der Waals surface area (Å²) in [4.78, 5) is 0.924. The second-order valence-corrected chi connectivity index (χ2v) is 8.19. The number of hydrogen-bond donors (Lipinski definition) is 1. The maximum atomic E-state index is 12.9. The summed E-state index contributed by atoms with van der Waals surface area (Å²) in [5.41, 5.74) is 1.22. The van der Waals surface area contributed by atoms with E-state index in [0.29, 0.717) is 11.5 Å². The molecule has 0 spiro atoms. The SMILES string of the molecule is O=S(=O)(NCc1ccco1)c1cn(-c2ccccc2)nc1-c1cccs1. The molecule has 0 radical (unpaired) electrons. The third-order valence-electron chi connectivity index (χ3n) is 3.76. The van der Waals surface area contributed by atoms with Crippen molar-refractivity contribution < 1.29 is 12.8 Å². The average Bonchev–Trinajstić information content (AvgIpc) is 3.42. The van der Waals surface area contributed by atoms with E-state index in [0.717, 1.165) is 10.6 Å². The van der Waals surface area contributed by atoms with Crippen LogP contribution in [0.4, 0.5) is 0 Å². The summed E-state index contributed by atoms with van der Waals surface area (Å²) < 4.78 is 35.1. The van der Waals surface area contributed by atoms with Crippen molar-refractivity contribution in [2.75, 3.05) is 0 Å². The molecule has 3 aromatic heterocycles. The van der Waals surface area contributed by atoms with Crippen molar-refractivity contribution in [1.29, 1.82) is 0 Å². The van der Waals surface area contributed by atoms with E-state index in [2.05, 4.69) is 9.82 Å². The molecule has 0 unspecified atom stereocenters. The minimum atomic E-state index is -3.77. The molecular formula is C18H15N3O3S2. The topological polar surface area (TPSA) is 77.1 Å². The maximum absolute atomic E-state index is 12.9. The van der Waals surface area contributed by atoms with Crippen LogP contribution >= 0.6 is 11.3 Å². The van der Waals surface area contributed by atoms with Crippen molar-refractivity contribution in [2.45, 2.75) is 11.4 Å². The second kappa shape index (κ2) is 6.91. The molecule has 8 heteroatoms. The minimum Gasteiger partial charge on any atom is -0.468 e. The monoisotopic (exact) mass is 385 g/mol. The van der Waals surface area contributed by atoms with Gasteiger partial charge in [-0.25, -0.2) is 17.8 Å². The lowest BCUT2D eigenvalue weighted by Crippen LogP contribution is -2.23. The van der Waals surface area contributed by atoms with Crippen molar-refractivity contribution in [3.8, 4) is 16.3 Å². The van der Waals surface area contributed by atoms with Gasteiger partial charge in [0, 0.05) is 0 Å². The largest absolute Gasteiger partial charge is 0.468 e. The Hall–Kier alpha value is -2.68. The number of hydrogen-bond acceptors (Lipinski definition) is 5. The first-order valence-electron chi connectivity index (χ1n) is 7.84. The van der Waals surface area contributed by atoms with E-state index < -0.39 is 10.0 Å². The van der Waals surface area contributed by atoms with Gasteiger partial charge < -0.3 is 4.42 Å². The third-order valence-corrected chi connectivity index (χ3v) is 6.04. The molecule has 0 aliphatic rings. The van der Waals surface area contributed by atoms with Gasteiger partial charge in [-0.1, -0.05) is 24.3 Å². The number of furan rings is 1. The number of para-hydroxylation sites is 1. The molecule has 132 valence electrons. The van der Waals surface area contributed by atoms with Crippen LogP contribution in [0.15, 0.2) is 81.8 Å². The highest BCUT2D eigenvalue weighted by Crippen LogP contribution is 2.30. The highest BCUT2D eigenvalue weighted by molar-refractivity contribution is 7.89. The molecule has 0 bridgehead atoms. The van der Waals surface area contributed by atoms with Crippen LogP contribution in [-0.2, 0) is 16.6 Å². The van der Waals surface area contributed by atoms with E-state index in [1.807, 2.05) is 47.8 Å². The zero-order valence-electron chi connectivity index (χ0n) is 13.6. The van der Waals surface area contributed by atoms with Gasteiger partial charge in [-0.15, -0.1) is 11.3 Å². The molecule has 4 aromatic rings. The number of nitrogens with one attached hydrogen (secondary N) is 1. The molecule has 1 aromatic carbocycles. The number of thiophene rings is 1. The van der Waals surface area contributed by atoms with Crippen LogP contribution in [0.3, 0.4) is 0 Å². The van der Waals surface area contributed by atoms with Gasteiger partial charge >= 0.3 is 0 Å². The molecular weight excluding hydrogens is 370 g/mol. The van der Waals surface area contributed by atoms with Crippen LogP contribution in [0.5, 0.6) is 0 Å². The molecule has 0 fully saturated rings. The molecule has 26 heavy (non-hydrogen) atoms. The maximum Gasteiger partial charge on any atom is 0.244 e. The van der Waals surface area contributed by atoms with Crippen LogP contribution < -0.4 is 4.72 Å². The Balaban J connectivity index is 1.75. The molecule has 4 rings (SSSR count). The van der Waals surface area contributed by atoms with Gasteiger partial charge in [0.25, 0.3) is 0 Å². The summed E-state index contributed by atoms with van der Waals surface area (Å²) in [5.74, 6) is 0.543. The highest BCUT2D eigenvalue weighted by atomic mass is 32.2. The molecule has 0 saturated carbocycles. The molecule has 3 heterocycles. The Labute approximate surface area is 154 Å². The third kappa shape index (κ3) is 3.34. The molecule has 0 aliphatic carbocycles. The summed E-state index contributed by atoms with van der Waals surface area (Å²) >= 11 is 1.44. The standard InChI is InChI=1S/C18H15N3O3S2/c22-26(23,19-12-15-8-4-10-24-15)17-13-21(14-6-2-1-3-7-14)20-18(17)16-9-5-11-25-16/h1-11,13,19H,12H2. The van der Waals surface area contributed by atoms with Gasteiger partial charge in [-0.2, -0.15) is 5.10 Å². The lowest BCUT2D eigenvalue weighted by Gasteiger charge is -2.04. The molecule has 6 nitrogen and oxygen atoms in total. The highest BCUT2D eigenvalue weighted by Gasteiger charge is 2.24. The van der Waals surface area contributed by atoms with Gasteiger partial charge in [-0.3, -0.25) is 0 Å². The Morgan fingerprint density at radius 1 is 1.08 bits per heavy atom. The van der Waals surface area contributed by atoms with E-state index in [-0.39, 0.29) is 11.4 Å². The van der Waals surface area contributed by atoms with Gasteiger partial charge in [0.15, 0.2) is 0 Å². The molecule has 1 N–H and O–H groups in total. The summed E-state index contributed by atoms with van der Waals surface area (Å²) in [6, 6.07) is 16.6. The summed E-state index contributed by atoms with van der Waals surface area (Å²) in [5, 5.41) is 6.41. The van der Waals surface area contributed by atoms with Crippen LogP contribution in [-0.4, -0.2) is 18.2 Å². The Bertz CT molecular complexity index is 1080. The van der Waals surface area contributed by atoms with Crippen molar-refractivity contribution in [1.82, 2.24) is 14.5 Å². The van der Waals surface area contributed by atoms with Crippen LogP contribution in [0, 0.1) is 0 Å². The molecule has 0 saturated heterocycles. The van der Waals surface area contributed by atoms with Gasteiger partial charge in [0.1, 0.15) is 16.3 Å². The number of benzene rings is 1. The van der Waals surface area contributed by atoms with E-state index in [1.165, 1.54) is 23.8 Å². The molecule has 0 amide bonds. The predicted molar refractivity (Wildman–Crippen MR) is 99.6 cm³/mol. The first-order chi connectivity index (χ1) is 12.6. The smallest absolute Gasteiger partial charge is 0.244 e. The summed E-state index contributed by atoms with van der Waals surface area (Å²) in [7, 11) is -3.77. The Kier molecular flexibility index (Phi) is 4.46. The first-order valence-corrected chi connectivity index (χ1v) is 10.2. The van der Waals surface area contributed by atoms with Crippen LogP contribution in [0.1, 0.15) is 5.76 Å². The quantitative estimate of drug-likeness (QED) is 0.549.